The second-order valence-electron chi connectivity index (χ2n) is 5.67. The number of aliphatic hydroxyl groups is 1. The normalized spacial score (nSPS) is 12.2. The van der Waals surface area contributed by atoms with Crippen molar-refractivity contribution in [2.24, 2.45) is 0 Å². The summed E-state index contributed by atoms with van der Waals surface area (Å²) >= 11 is 0. The molecule has 1 atom stereocenters. The van der Waals surface area contributed by atoms with E-state index in [1.54, 1.807) is 0 Å². The monoisotopic (exact) mass is 465 g/mol. The average molecular weight is 465 g/mol. The van der Waals surface area contributed by atoms with Crippen molar-refractivity contribution in [3.8, 4) is 0 Å². The minimum absolute atomic E-state index is 0. The highest BCUT2D eigenvalue weighted by Crippen LogP contribution is 2.55. The molecule has 0 aliphatic rings. The van der Waals surface area contributed by atoms with E-state index in [0.29, 0.717) is 16.2 Å². The maximum absolute atomic E-state index is 14.1. The molecule has 1 unspecified atom stereocenters. The highest BCUT2D eigenvalue weighted by Gasteiger charge is 2.37. The minimum Gasteiger partial charge on any atom is -1.00 e. The standard InChI is InChI=1S/C20H21NO2P.HI/c1-2-21-15-9-10-17(16-21)20(22)24(23,18-11-5-3-6-12-18)19-13-7-4-8-14-19;/h3-16,20,22H,2H2,1H3;1H/q+1;/p-1. The molecule has 0 spiro atoms. The molecule has 0 fully saturated rings. The van der Waals surface area contributed by atoms with E-state index in [2.05, 4.69) is 0 Å². The molecule has 1 aromatic heterocycles. The highest BCUT2D eigenvalue weighted by molar-refractivity contribution is 7.78. The van der Waals surface area contributed by atoms with Crippen molar-refractivity contribution in [1.29, 1.82) is 0 Å². The summed E-state index contributed by atoms with van der Waals surface area (Å²) in [6.45, 7) is 2.83. The van der Waals surface area contributed by atoms with Gasteiger partial charge in [-0.15, -0.1) is 0 Å². The Labute approximate surface area is 165 Å². The molecule has 1 N–H and O–H groups in total. The lowest BCUT2D eigenvalue weighted by atomic mass is 10.3. The Morgan fingerprint density at radius 3 is 1.92 bits per heavy atom. The van der Waals surface area contributed by atoms with Crippen LogP contribution in [0.25, 0.3) is 0 Å². The van der Waals surface area contributed by atoms with Gasteiger partial charge in [-0.3, -0.25) is 0 Å². The van der Waals surface area contributed by atoms with E-state index >= 15 is 0 Å². The summed E-state index contributed by atoms with van der Waals surface area (Å²) < 4.78 is 16.0. The SMILES string of the molecule is CC[n+]1cccc(C(O)P(=O)(c2ccccc2)c2ccccc2)c1.[I-]. The molecule has 0 bridgehead atoms. The first-order valence-corrected chi connectivity index (χ1v) is 9.82. The molecule has 3 rings (SSSR count). The Morgan fingerprint density at radius 1 is 0.920 bits per heavy atom. The van der Waals surface area contributed by atoms with Crippen LogP contribution < -0.4 is 39.2 Å². The number of rotatable bonds is 5. The largest absolute Gasteiger partial charge is 1.00 e. The molecule has 0 radical (unpaired) electrons. The van der Waals surface area contributed by atoms with Crippen LogP contribution in [0.5, 0.6) is 0 Å². The van der Waals surface area contributed by atoms with Crippen LogP contribution in [-0.4, -0.2) is 5.11 Å². The maximum Gasteiger partial charge on any atom is 0.175 e. The van der Waals surface area contributed by atoms with Crippen molar-refractivity contribution in [1.82, 2.24) is 0 Å². The Bertz CT molecular complexity index is 812. The van der Waals surface area contributed by atoms with Gasteiger partial charge in [-0.25, -0.2) is 4.57 Å². The zero-order valence-electron chi connectivity index (χ0n) is 14.0. The Hall–Kier alpha value is -1.49. The van der Waals surface area contributed by atoms with Gasteiger partial charge in [0.25, 0.3) is 0 Å². The van der Waals surface area contributed by atoms with Crippen LogP contribution in [0.3, 0.4) is 0 Å². The van der Waals surface area contributed by atoms with Gasteiger partial charge in [0.15, 0.2) is 19.5 Å². The smallest absolute Gasteiger partial charge is 0.175 e. The van der Waals surface area contributed by atoms with Crippen LogP contribution in [0, 0.1) is 0 Å². The van der Waals surface area contributed by atoms with E-state index in [9.17, 15) is 9.67 Å². The van der Waals surface area contributed by atoms with Crippen molar-refractivity contribution in [3.05, 3.63) is 90.8 Å². The third kappa shape index (κ3) is 4.02. The molecule has 0 saturated carbocycles. The molecule has 130 valence electrons. The predicted molar refractivity (Wildman–Crippen MR) is 97.0 cm³/mol. The van der Waals surface area contributed by atoms with Crippen LogP contribution in [0.4, 0.5) is 0 Å². The molecule has 3 aromatic rings. The van der Waals surface area contributed by atoms with Gasteiger partial charge in [0.1, 0.15) is 12.4 Å². The van der Waals surface area contributed by atoms with Crippen LogP contribution in [0.1, 0.15) is 18.3 Å². The highest BCUT2D eigenvalue weighted by atomic mass is 127. The number of hydrogen-bond donors (Lipinski definition) is 1. The zero-order chi connectivity index (χ0) is 17.0. The van der Waals surface area contributed by atoms with Gasteiger partial charge >= 0.3 is 0 Å². The van der Waals surface area contributed by atoms with Crippen molar-refractivity contribution >= 4 is 17.8 Å². The van der Waals surface area contributed by atoms with E-state index in [1.807, 2.05) is 96.7 Å². The van der Waals surface area contributed by atoms with Crippen molar-refractivity contribution in [3.63, 3.8) is 0 Å². The average Bonchev–Trinajstić information content (AvgIpc) is 2.68. The van der Waals surface area contributed by atoms with Gasteiger partial charge in [0, 0.05) is 16.7 Å². The van der Waals surface area contributed by atoms with Crippen molar-refractivity contribution in [2.75, 3.05) is 0 Å². The molecule has 25 heavy (non-hydrogen) atoms. The van der Waals surface area contributed by atoms with Gasteiger partial charge < -0.3 is 33.6 Å². The number of benzene rings is 2. The molecule has 5 heteroatoms. The fourth-order valence-corrected chi connectivity index (χ4v) is 5.50. The molecule has 0 aliphatic heterocycles. The zero-order valence-corrected chi connectivity index (χ0v) is 17.0. The third-order valence-corrected chi connectivity index (χ3v) is 7.29. The third-order valence-electron chi connectivity index (χ3n) is 4.17. The second kappa shape index (κ2) is 8.75. The maximum atomic E-state index is 14.1. The van der Waals surface area contributed by atoms with Crippen molar-refractivity contribution < 1.29 is 38.2 Å². The van der Waals surface area contributed by atoms with E-state index in [1.165, 1.54) is 0 Å². The summed E-state index contributed by atoms with van der Waals surface area (Å²) in [6.07, 6.45) is 3.80. The number of aliphatic hydroxyl groups excluding tert-OH is 1. The second-order valence-corrected chi connectivity index (χ2v) is 8.51. The molecule has 0 aliphatic carbocycles. The summed E-state index contributed by atoms with van der Waals surface area (Å²) in [6, 6.07) is 22.2. The van der Waals surface area contributed by atoms with E-state index in [4.69, 9.17) is 0 Å². The van der Waals surface area contributed by atoms with Crippen LogP contribution in [-0.2, 0) is 11.1 Å². The molecule has 0 saturated heterocycles. The molecule has 0 amide bonds. The fraction of sp³-hybridized carbons (Fsp3) is 0.150. The van der Waals surface area contributed by atoms with Crippen LogP contribution in [0.2, 0.25) is 0 Å². The Kier molecular flexibility index (Phi) is 6.94. The lowest BCUT2D eigenvalue weighted by molar-refractivity contribution is -0.694. The first-order valence-electron chi connectivity index (χ1n) is 8.04. The van der Waals surface area contributed by atoms with E-state index in [0.717, 1.165) is 6.54 Å². The Morgan fingerprint density at radius 2 is 1.44 bits per heavy atom. The van der Waals surface area contributed by atoms with Gasteiger partial charge in [-0.1, -0.05) is 60.7 Å². The first kappa shape index (κ1) is 19.8. The summed E-state index contributed by atoms with van der Waals surface area (Å²) in [7, 11) is -3.23. The first-order chi connectivity index (χ1) is 11.7. The van der Waals surface area contributed by atoms with Gasteiger partial charge in [-0.2, -0.15) is 0 Å². The molecular weight excluding hydrogens is 444 g/mol. The minimum atomic E-state index is -3.23. The van der Waals surface area contributed by atoms with Crippen molar-refractivity contribution in [2.45, 2.75) is 19.3 Å². The van der Waals surface area contributed by atoms with E-state index in [-0.39, 0.29) is 24.0 Å². The number of nitrogens with zero attached hydrogens (tertiary/aromatic N) is 1. The fourth-order valence-electron chi connectivity index (χ4n) is 2.83. The van der Waals surface area contributed by atoms with E-state index < -0.39 is 13.0 Å². The van der Waals surface area contributed by atoms with Crippen LogP contribution in [0.15, 0.2) is 85.2 Å². The number of hydrogen-bond acceptors (Lipinski definition) is 2. The van der Waals surface area contributed by atoms with Gasteiger partial charge in [-0.05, 0) is 13.0 Å². The number of aryl methyl sites for hydroxylation is 1. The number of aromatic nitrogens is 1. The lowest BCUT2D eigenvalue weighted by Crippen LogP contribution is -3.00. The number of halogens is 1. The molecule has 2 aromatic carbocycles. The quantitative estimate of drug-likeness (QED) is 0.328. The summed E-state index contributed by atoms with van der Waals surface area (Å²) in [5, 5.41) is 12.4. The number of pyridine rings is 1. The van der Waals surface area contributed by atoms with Gasteiger partial charge in [0.2, 0.25) is 0 Å². The lowest BCUT2D eigenvalue weighted by Gasteiger charge is -2.24. The predicted octanol–water partition coefficient (Wildman–Crippen LogP) is 0.00300. The Balaban J connectivity index is 0.00000225. The van der Waals surface area contributed by atoms with Gasteiger partial charge in [0.05, 0.1) is 5.56 Å². The summed E-state index contributed by atoms with van der Waals surface area (Å²) in [4.78, 5) is 0. The topological polar surface area (TPSA) is 41.2 Å². The molecular formula is C20H21INO2P. The summed E-state index contributed by atoms with van der Waals surface area (Å²) in [5.74, 6) is -1.08. The molecule has 3 nitrogen and oxygen atoms in total. The summed E-state index contributed by atoms with van der Waals surface area (Å²) in [5.41, 5.74) is 0.662. The molecule has 1 heterocycles. The van der Waals surface area contributed by atoms with Crippen LogP contribution >= 0.6 is 7.14 Å².